The molecule has 2 aromatic rings. The SMILES string of the molecule is CC(C)[Si]1(C(C)C)OC[C@H]2O[C@@H](n3cnc4c(N)nc(N)nc43)C(=O)[C@@H]2O[Si](C(C)C)(C(C)C)O1. The molecule has 35 heavy (non-hydrogen) atoms. The first-order chi connectivity index (χ1) is 16.3. The number of nitrogens with two attached hydrogens (primary N) is 2. The van der Waals surface area contributed by atoms with E-state index >= 15 is 0 Å². The van der Waals surface area contributed by atoms with Crippen LogP contribution in [0.5, 0.6) is 0 Å². The van der Waals surface area contributed by atoms with E-state index in [-0.39, 0.29) is 46.3 Å². The summed E-state index contributed by atoms with van der Waals surface area (Å²) in [4.78, 5) is 26.3. The Morgan fingerprint density at radius 1 is 0.971 bits per heavy atom. The fourth-order valence-corrected chi connectivity index (χ4v) is 16.5. The molecule has 0 amide bonds. The molecule has 11 nitrogen and oxygen atoms in total. The van der Waals surface area contributed by atoms with Crippen LogP contribution >= 0.6 is 0 Å². The van der Waals surface area contributed by atoms with Crippen molar-refractivity contribution in [1.29, 1.82) is 0 Å². The van der Waals surface area contributed by atoms with Gasteiger partial charge in [0.05, 0.1) is 12.9 Å². The summed E-state index contributed by atoms with van der Waals surface area (Å²) in [6, 6.07) is 0. The molecule has 0 aromatic carbocycles. The van der Waals surface area contributed by atoms with Crippen molar-refractivity contribution in [3.05, 3.63) is 6.33 Å². The van der Waals surface area contributed by atoms with Crippen molar-refractivity contribution < 1.29 is 22.5 Å². The number of rotatable bonds is 5. The summed E-state index contributed by atoms with van der Waals surface area (Å²) in [6.45, 7) is 17.3. The molecule has 13 heteroatoms. The molecule has 2 fully saturated rings. The number of nitrogens with zero attached hydrogens (tertiary/aromatic N) is 4. The lowest BCUT2D eigenvalue weighted by atomic mass is 10.1. The standard InChI is InChI=1S/C22H38N6O5Si2/c1-11(2)34(12(3)4)30-9-15-18(32-35(33-34,13(5)6)14(7)8)17(29)21(31-15)28-10-25-16-19(23)26-22(24)27-20(16)28/h10-15,18,21H,9H2,1-8H3,(H4,23,24,26,27)/t15-,18-,21-/m1/s1. The average Bonchev–Trinajstić information content (AvgIpc) is 3.28. The van der Waals surface area contributed by atoms with Gasteiger partial charge in [0.15, 0.2) is 17.7 Å². The monoisotopic (exact) mass is 522 g/mol. The Morgan fingerprint density at radius 3 is 2.14 bits per heavy atom. The van der Waals surface area contributed by atoms with Crippen LogP contribution in [0.2, 0.25) is 22.2 Å². The van der Waals surface area contributed by atoms with E-state index in [0.717, 1.165) is 0 Å². The lowest BCUT2D eigenvalue weighted by molar-refractivity contribution is -0.130. The molecule has 2 aromatic heterocycles. The molecule has 2 aliphatic heterocycles. The molecule has 3 atom stereocenters. The van der Waals surface area contributed by atoms with E-state index in [1.165, 1.54) is 6.33 Å². The maximum Gasteiger partial charge on any atom is 0.335 e. The van der Waals surface area contributed by atoms with Gasteiger partial charge in [-0.15, -0.1) is 0 Å². The minimum Gasteiger partial charge on any atom is -0.414 e. The van der Waals surface area contributed by atoms with Crippen molar-refractivity contribution in [2.45, 2.75) is 96.0 Å². The van der Waals surface area contributed by atoms with Gasteiger partial charge >= 0.3 is 17.1 Å². The lowest BCUT2D eigenvalue weighted by Crippen LogP contribution is -2.65. The second-order valence-corrected chi connectivity index (χ2v) is 19.6. The van der Waals surface area contributed by atoms with Gasteiger partial charge in [-0.05, 0) is 22.2 Å². The maximum absolute atomic E-state index is 13.8. The van der Waals surface area contributed by atoms with Crippen molar-refractivity contribution in [2.75, 3.05) is 18.1 Å². The second-order valence-electron chi connectivity index (χ2n) is 10.7. The molecule has 2 aliphatic rings. The molecule has 0 unspecified atom stereocenters. The topological polar surface area (TPSA) is 150 Å². The number of carbonyl (C=O) groups excluding carboxylic acids is 1. The number of carbonyl (C=O) groups is 1. The summed E-state index contributed by atoms with van der Waals surface area (Å²) in [5, 5.41) is 0. The molecule has 2 saturated heterocycles. The number of anilines is 2. The first kappa shape index (κ1) is 26.2. The molecule has 194 valence electrons. The van der Waals surface area contributed by atoms with Gasteiger partial charge in [0.2, 0.25) is 11.7 Å². The predicted molar refractivity (Wildman–Crippen MR) is 137 cm³/mol. The number of Topliss-reactive ketones (excluding diaryl/α,β-unsaturated/α-hetero) is 1. The molecule has 0 spiro atoms. The molecule has 4 rings (SSSR count). The number of fused-ring (bicyclic) bond motifs is 2. The molecule has 4 heterocycles. The summed E-state index contributed by atoms with van der Waals surface area (Å²) in [7, 11) is -5.69. The number of imidazole rings is 1. The Balaban J connectivity index is 1.79. The fourth-order valence-electron chi connectivity index (χ4n) is 5.34. The maximum atomic E-state index is 13.8. The number of hydrogen-bond acceptors (Lipinski definition) is 10. The second kappa shape index (κ2) is 9.19. The van der Waals surface area contributed by atoms with Crippen LogP contribution in [0.25, 0.3) is 11.2 Å². The van der Waals surface area contributed by atoms with Gasteiger partial charge in [0.1, 0.15) is 17.7 Å². The van der Waals surface area contributed by atoms with Crippen molar-refractivity contribution >= 4 is 45.8 Å². The Labute approximate surface area is 208 Å². The third-order valence-corrected chi connectivity index (χ3v) is 17.4. The van der Waals surface area contributed by atoms with E-state index in [2.05, 4.69) is 70.3 Å². The first-order valence-corrected chi connectivity index (χ1v) is 16.2. The number of ether oxygens (including phenoxy) is 1. The summed E-state index contributed by atoms with van der Waals surface area (Å²) in [5.41, 5.74) is 13.1. The number of ketones is 1. The van der Waals surface area contributed by atoms with E-state index < -0.39 is 35.6 Å². The highest BCUT2D eigenvalue weighted by molar-refractivity contribution is 6.84. The molecular formula is C22H38N6O5Si2. The third-order valence-electron chi connectivity index (χ3n) is 7.21. The van der Waals surface area contributed by atoms with Gasteiger partial charge in [0.25, 0.3) is 0 Å². The number of hydrogen-bond donors (Lipinski definition) is 2. The van der Waals surface area contributed by atoms with Gasteiger partial charge in [0, 0.05) is 0 Å². The molecule has 0 aliphatic carbocycles. The smallest absolute Gasteiger partial charge is 0.335 e. The number of aromatic nitrogens is 4. The van der Waals surface area contributed by atoms with Crippen LogP contribution in [0.1, 0.15) is 61.6 Å². The minimum atomic E-state index is -2.95. The van der Waals surface area contributed by atoms with Gasteiger partial charge in [-0.2, -0.15) is 9.97 Å². The van der Waals surface area contributed by atoms with Crippen LogP contribution in [-0.2, 0) is 22.5 Å². The molecule has 0 bridgehead atoms. The molecule has 4 N–H and O–H groups in total. The molecular weight excluding hydrogens is 484 g/mol. The quantitative estimate of drug-likeness (QED) is 0.559. The Bertz CT molecular complexity index is 1090. The summed E-state index contributed by atoms with van der Waals surface area (Å²) < 4.78 is 28.6. The first-order valence-electron chi connectivity index (χ1n) is 12.3. The summed E-state index contributed by atoms with van der Waals surface area (Å²) in [6.07, 6.45) is -0.924. The van der Waals surface area contributed by atoms with Crippen molar-refractivity contribution in [2.24, 2.45) is 0 Å². The zero-order valence-electron chi connectivity index (χ0n) is 21.8. The predicted octanol–water partition coefficient (Wildman–Crippen LogP) is 3.41. The summed E-state index contributed by atoms with van der Waals surface area (Å²) >= 11 is 0. The van der Waals surface area contributed by atoms with E-state index in [1.54, 1.807) is 4.57 Å². The van der Waals surface area contributed by atoms with Crippen LogP contribution in [0.4, 0.5) is 11.8 Å². The lowest BCUT2D eigenvalue weighted by Gasteiger charge is -2.50. The average molecular weight is 523 g/mol. The fraction of sp³-hybridized carbons (Fsp3) is 0.727. The highest BCUT2D eigenvalue weighted by Crippen LogP contribution is 2.47. The number of nitrogen functional groups attached to an aromatic ring is 2. The van der Waals surface area contributed by atoms with Gasteiger partial charge < -0.3 is 29.2 Å². The minimum absolute atomic E-state index is 0.00288. The van der Waals surface area contributed by atoms with Crippen molar-refractivity contribution in [1.82, 2.24) is 19.5 Å². The van der Waals surface area contributed by atoms with Crippen LogP contribution in [0, 0.1) is 0 Å². The van der Waals surface area contributed by atoms with Gasteiger partial charge in [-0.1, -0.05) is 55.4 Å². The van der Waals surface area contributed by atoms with E-state index in [0.29, 0.717) is 11.2 Å². The van der Waals surface area contributed by atoms with Gasteiger partial charge in [-0.3, -0.25) is 9.36 Å². The van der Waals surface area contributed by atoms with E-state index in [9.17, 15) is 4.79 Å². The Hall–Kier alpha value is -1.91. The van der Waals surface area contributed by atoms with Crippen LogP contribution in [0.15, 0.2) is 6.33 Å². The summed E-state index contributed by atoms with van der Waals surface area (Å²) in [5.74, 6) is -0.0815. The highest BCUT2D eigenvalue weighted by atomic mass is 28.5. The Kier molecular flexibility index (Phi) is 6.87. The zero-order chi connectivity index (χ0) is 25.9. The van der Waals surface area contributed by atoms with Crippen LogP contribution < -0.4 is 11.5 Å². The van der Waals surface area contributed by atoms with Crippen LogP contribution in [0.3, 0.4) is 0 Å². The van der Waals surface area contributed by atoms with E-state index in [1.807, 2.05) is 0 Å². The van der Waals surface area contributed by atoms with Gasteiger partial charge in [-0.25, -0.2) is 4.98 Å². The molecule has 0 radical (unpaired) electrons. The van der Waals surface area contributed by atoms with E-state index in [4.69, 9.17) is 29.2 Å². The molecule has 0 saturated carbocycles. The highest BCUT2D eigenvalue weighted by Gasteiger charge is 2.61. The Morgan fingerprint density at radius 2 is 1.57 bits per heavy atom. The largest absolute Gasteiger partial charge is 0.414 e. The van der Waals surface area contributed by atoms with Crippen LogP contribution in [-0.4, -0.2) is 61.2 Å². The third kappa shape index (κ3) is 4.11. The zero-order valence-corrected chi connectivity index (χ0v) is 23.8. The van der Waals surface area contributed by atoms with Crippen molar-refractivity contribution in [3.63, 3.8) is 0 Å². The van der Waals surface area contributed by atoms with Crippen molar-refractivity contribution in [3.8, 4) is 0 Å². The normalized spacial score (nSPS) is 26.6.